The van der Waals surface area contributed by atoms with E-state index in [4.69, 9.17) is 25.8 Å². The van der Waals surface area contributed by atoms with Gasteiger partial charge in [-0.1, -0.05) is 73.1 Å². The normalized spacial score (nSPS) is 11.3. The van der Waals surface area contributed by atoms with Gasteiger partial charge in [-0.25, -0.2) is 0 Å². The Kier molecular flexibility index (Phi) is 19.3. The Labute approximate surface area is 392 Å². The molecule has 0 aliphatic carbocycles. The van der Waals surface area contributed by atoms with Crippen molar-refractivity contribution in [1.82, 2.24) is 0 Å². The molecule has 0 aliphatic rings. The van der Waals surface area contributed by atoms with Crippen molar-refractivity contribution in [1.29, 1.82) is 0 Å². The first-order valence-electron chi connectivity index (χ1n) is 20.8. The molecule has 0 aliphatic heterocycles. The zero-order chi connectivity index (χ0) is 46.9. The summed E-state index contributed by atoms with van der Waals surface area (Å²) >= 11 is 9.52. The number of hydrogen-bond acceptors (Lipinski definition) is 6. The van der Waals surface area contributed by atoms with Gasteiger partial charge in [-0.05, 0) is 205 Å². The second-order valence-electron chi connectivity index (χ2n) is 15.2. The van der Waals surface area contributed by atoms with Gasteiger partial charge in [-0.2, -0.15) is 0 Å². The molecular weight excluding hydrogens is 884 g/mol. The Balaban J connectivity index is 0.000000210. The van der Waals surface area contributed by atoms with Crippen molar-refractivity contribution in [3.8, 4) is 17.2 Å². The molecule has 0 amide bonds. The Morgan fingerprint density at radius 3 is 1.12 bits per heavy atom. The minimum Gasteiger partial charge on any atom is -0.497 e. The number of hydrogen-bond donors (Lipinski definition) is 0. The van der Waals surface area contributed by atoms with Crippen LogP contribution in [0.2, 0.25) is 0 Å². The van der Waals surface area contributed by atoms with Crippen LogP contribution in [0.4, 0.5) is 0 Å². The molecular formula is C56H56BrClO6. The van der Waals surface area contributed by atoms with E-state index in [1.54, 1.807) is 75.9 Å². The van der Waals surface area contributed by atoms with E-state index < -0.39 is 0 Å². The Morgan fingerprint density at radius 2 is 0.781 bits per heavy atom. The molecule has 0 bridgehead atoms. The van der Waals surface area contributed by atoms with E-state index in [-0.39, 0.29) is 22.4 Å². The van der Waals surface area contributed by atoms with E-state index in [2.05, 4.69) is 74.0 Å². The number of Topliss-reactive ketones (excluding diaryl/α,β-unsaturated/α-hetero) is 3. The number of rotatable bonds is 13. The number of carbonyl (C=O) groups excluding carboxylic acids is 3. The van der Waals surface area contributed by atoms with Gasteiger partial charge in [0.2, 0.25) is 5.78 Å². The fourth-order valence-corrected chi connectivity index (χ4v) is 6.93. The summed E-state index contributed by atoms with van der Waals surface area (Å²) in [5, 5.41) is 0.198. The largest absolute Gasteiger partial charge is 0.497 e. The number of halogens is 2. The molecule has 0 radical (unpaired) electrons. The lowest BCUT2D eigenvalue weighted by molar-refractivity contribution is 0.102. The van der Waals surface area contributed by atoms with Crippen LogP contribution in [0.25, 0.3) is 18.2 Å². The van der Waals surface area contributed by atoms with E-state index >= 15 is 0 Å². The van der Waals surface area contributed by atoms with Crippen LogP contribution in [0, 0.1) is 41.5 Å². The fourth-order valence-electron chi connectivity index (χ4n) is 6.20. The van der Waals surface area contributed by atoms with Crippen LogP contribution in [0.3, 0.4) is 0 Å². The van der Waals surface area contributed by atoms with Gasteiger partial charge in [0.1, 0.15) is 17.2 Å². The van der Waals surface area contributed by atoms with E-state index in [1.165, 1.54) is 33.4 Å². The minimum absolute atomic E-state index is 0.0455. The van der Waals surface area contributed by atoms with Crippen LogP contribution in [-0.2, 0) is 0 Å². The molecule has 0 spiro atoms. The average molecular weight is 940 g/mol. The number of methoxy groups -OCH3 is 3. The Bertz CT molecular complexity index is 2530. The molecule has 0 heterocycles. The van der Waals surface area contributed by atoms with Crippen molar-refractivity contribution in [3.63, 3.8) is 0 Å². The molecule has 6 aromatic rings. The number of allylic oxidation sites excluding steroid dienone is 3. The second kappa shape index (κ2) is 24.5. The molecule has 6 nitrogen and oxygen atoms in total. The highest BCUT2D eigenvalue weighted by Gasteiger charge is 2.13. The molecule has 0 atom stereocenters. The molecule has 0 fully saturated rings. The maximum atomic E-state index is 12.6. The maximum absolute atomic E-state index is 12.6. The number of aryl methyl sites for hydroxylation is 6. The number of carbonyl (C=O) groups is 3. The molecule has 8 heteroatoms. The number of benzene rings is 6. The third kappa shape index (κ3) is 14.6. The zero-order valence-corrected chi connectivity index (χ0v) is 40.6. The van der Waals surface area contributed by atoms with Crippen molar-refractivity contribution >= 4 is 63.1 Å². The van der Waals surface area contributed by atoms with Crippen LogP contribution in [0.5, 0.6) is 17.2 Å². The van der Waals surface area contributed by atoms with Gasteiger partial charge < -0.3 is 14.2 Å². The fraction of sp³-hybridized carbons (Fsp3) is 0.196. The van der Waals surface area contributed by atoms with Gasteiger partial charge in [0, 0.05) is 22.3 Å². The van der Waals surface area contributed by atoms with Crippen molar-refractivity contribution in [2.45, 2.75) is 54.9 Å². The quantitative estimate of drug-likeness (QED) is 0.0848. The summed E-state index contributed by atoms with van der Waals surface area (Å²) in [5.74, 6) is 2.03. The minimum atomic E-state index is -0.197. The summed E-state index contributed by atoms with van der Waals surface area (Å²) in [6.45, 7) is 14.4. The monoisotopic (exact) mass is 938 g/mol. The molecule has 0 aromatic heterocycles. The topological polar surface area (TPSA) is 78.9 Å². The number of ether oxygens (including phenoxy) is 3. The first-order valence-corrected chi connectivity index (χ1v) is 22.0. The summed E-state index contributed by atoms with van der Waals surface area (Å²) < 4.78 is 15.8. The zero-order valence-electron chi connectivity index (χ0n) is 38.3. The lowest BCUT2D eigenvalue weighted by Gasteiger charge is -2.07. The molecule has 0 saturated heterocycles. The molecule has 330 valence electrons. The SMILES string of the molecule is CC/C(=C\c1ccc(C)c(C)c1)C(=O)c1ccc(OC)cc1.COc1ccc(C(=O)/C(Br)=C/c2ccc(C)c(C)c2)cc1.COc1ccc(C(=O)/C(Cl)=C/c2ccc(C)c(C)c2)cc1. The first kappa shape index (κ1) is 50.4. The van der Waals surface area contributed by atoms with Gasteiger partial charge in [0.15, 0.2) is 11.6 Å². The standard InChI is InChI=1S/C20H22O2.C18H17BrO2.C18H17ClO2/c1-5-17(13-16-7-6-14(2)15(3)12-16)20(21)18-8-10-19(22-4)11-9-18;2*1-12-4-5-14(10-13(12)2)11-17(19)18(20)15-6-8-16(21-3)9-7-15/h6-13H,5H2,1-4H3;2*4-11H,1-3H3/b17-13+;2*17-11-. The third-order valence-electron chi connectivity index (χ3n) is 10.7. The smallest absolute Gasteiger partial charge is 0.204 e. The van der Waals surface area contributed by atoms with E-state index in [0.29, 0.717) is 33.3 Å². The highest BCUT2D eigenvalue weighted by molar-refractivity contribution is 9.12. The summed E-state index contributed by atoms with van der Waals surface area (Å²) in [6, 6.07) is 39.6. The Morgan fingerprint density at radius 1 is 0.453 bits per heavy atom. The van der Waals surface area contributed by atoms with E-state index in [0.717, 1.165) is 33.8 Å². The third-order valence-corrected chi connectivity index (χ3v) is 11.6. The van der Waals surface area contributed by atoms with Crippen molar-refractivity contribution < 1.29 is 28.6 Å². The lowest BCUT2D eigenvalue weighted by Crippen LogP contribution is -2.02. The molecule has 0 saturated carbocycles. The van der Waals surface area contributed by atoms with Crippen LogP contribution < -0.4 is 14.2 Å². The summed E-state index contributed by atoms with van der Waals surface area (Å²) in [7, 11) is 4.81. The van der Waals surface area contributed by atoms with E-state index in [9.17, 15) is 14.4 Å². The first-order chi connectivity index (χ1) is 30.6. The van der Waals surface area contributed by atoms with Gasteiger partial charge >= 0.3 is 0 Å². The van der Waals surface area contributed by atoms with Crippen molar-refractivity contribution in [2.24, 2.45) is 0 Å². The van der Waals surface area contributed by atoms with Crippen LogP contribution in [0.15, 0.2) is 142 Å². The highest BCUT2D eigenvalue weighted by atomic mass is 79.9. The lowest BCUT2D eigenvalue weighted by atomic mass is 9.97. The number of ketones is 3. The van der Waals surface area contributed by atoms with Gasteiger partial charge in [-0.15, -0.1) is 0 Å². The molecule has 6 rings (SSSR count). The summed E-state index contributed by atoms with van der Waals surface area (Å²) in [5.41, 5.74) is 13.0. The van der Waals surface area contributed by atoms with Crippen molar-refractivity contribution in [3.05, 3.63) is 209 Å². The molecule has 0 N–H and O–H groups in total. The molecule has 0 unspecified atom stereocenters. The maximum Gasteiger partial charge on any atom is 0.204 e. The Hall–Kier alpha value is -6.28. The second-order valence-corrected chi connectivity index (χ2v) is 16.5. The predicted octanol–water partition coefficient (Wildman–Crippen LogP) is 14.7. The van der Waals surface area contributed by atoms with Crippen molar-refractivity contribution in [2.75, 3.05) is 21.3 Å². The van der Waals surface area contributed by atoms with E-state index in [1.807, 2.05) is 81.5 Å². The van der Waals surface area contributed by atoms with Crippen LogP contribution >= 0.6 is 27.5 Å². The summed E-state index contributed by atoms with van der Waals surface area (Å²) in [6.07, 6.45) is 6.23. The predicted molar refractivity (Wildman–Crippen MR) is 269 cm³/mol. The van der Waals surface area contributed by atoms with Gasteiger partial charge in [0.25, 0.3) is 0 Å². The van der Waals surface area contributed by atoms with Gasteiger partial charge in [-0.3, -0.25) is 14.4 Å². The average Bonchev–Trinajstić information content (AvgIpc) is 3.31. The molecule has 6 aromatic carbocycles. The highest BCUT2D eigenvalue weighted by Crippen LogP contribution is 2.24. The summed E-state index contributed by atoms with van der Waals surface area (Å²) in [4.78, 5) is 37.2. The van der Waals surface area contributed by atoms with Crippen LogP contribution in [-0.4, -0.2) is 38.7 Å². The van der Waals surface area contributed by atoms with Gasteiger partial charge in [0.05, 0.1) is 30.8 Å². The van der Waals surface area contributed by atoms with Crippen LogP contribution in [0.1, 0.15) is 94.5 Å². The molecule has 64 heavy (non-hydrogen) atoms.